The van der Waals surface area contributed by atoms with E-state index in [1.54, 1.807) is 0 Å². The highest BCUT2D eigenvalue weighted by molar-refractivity contribution is 7.13. The minimum atomic E-state index is -2.56. The summed E-state index contributed by atoms with van der Waals surface area (Å²) in [7, 11) is 0. The largest absolute Gasteiger partial charge is 0.388 e. The molecule has 1 atom stereocenters. The molecule has 0 aliphatic heterocycles. The zero-order valence-electron chi connectivity index (χ0n) is 25.7. The Labute approximate surface area is 189 Å². The van der Waals surface area contributed by atoms with Crippen molar-refractivity contribution in [1.29, 1.82) is 0 Å². The lowest BCUT2D eigenvalue weighted by Gasteiger charge is -2.11. The van der Waals surface area contributed by atoms with Crippen LogP contribution < -0.4 is 11.1 Å². The number of nitrogens with zero attached hydrogens (tertiary/aromatic N) is 1. The maximum atomic E-state index is 12.5. The van der Waals surface area contributed by atoms with Gasteiger partial charge in [-0.15, -0.1) is 11.3 Å². The number of thiazole rings is 1. The number of carbonyl (C=O) groups excluding carboxylic acids is 1. The van der Waals surface area contributed by atoms with E-state index in [0.717, 1.165) is 11.3 Å². The smallest absolute Gasteiger partial charge is 0.230 e. The molecule has 2 aromatic carbocycles. The van der Waals surface area contributed by atoms with Gasteiger partial charge in [0, 0.05) is 19.3 Å². The molecule has 3 rings (SSSR count). The third kappa shape index (κ3) is 6.69. The highest BCUT2D eigenvalue weighted by Crippen LogP contribution is 2.21. The molecular weight excluding hydrogens is 382 g/mol. The van der Waals surface area contributed by atoms with Crippen molar-refractivity contribution in [3.05, 3.63) is 76.2 Å². The van der Waals surface area contributed by atoms with Crippen LogP contribution in [0.3, 0.4) is 0 Å². The van der Waals surface area contributed by atoms with E-state index in [0.29, 0.717) is 0 Å². The first-order chi connectivity index (χ1) is 17.9. The summed E-state index contributed by atoms with van der Waals surface area (Å²) >= 11 is 0.989. The van der Waals surface area contributed by atoms with Crippen molar-refractivity contribution in [3.8, 4) is 0 Å². The lowest BCUT2D eigenvalue weighted by atomic mass is 10.00. The van der Waals surface area contributed by atoms with Crippen LogP contribution in [0.5, 0.6) is 0 Å². The van der Waals surface area contributed by atoms with Crippen molar-refractivity contribution in [3.63, 3.8) is 0 Å². The van der Waals surface area contributed by atoms with Gasteiger partial charge in [0.05, 0.1) is 23.7 Å². The lowest BCUT2D eigenvalue weighted by Crippen LogP contribution is -2.14. The van der Waals surface area contributed by atoms with Crippen LogP contribution in [-0.4, -0.2) is 16.0 Å². The van der Waals surface area contributed by atoms with Crippen molar-refractivity contribution >= 4 is 28.1 Å². The molecule has 6 heteroatoms. The van der Waals surface area contributed by atoms with Crippen LogP contribution in [0.25, 0.3) is 0 Å². The number of aliphatic hydroxyl groups is 1. The summed E-state index contributed by atoms with van der Waals surface area (Å²) in [6.45, 7) is 1.42. The Morgan fingerprint density at radius 1 is 1.38 bits per heavy atom. The van der Waals surface area contributed by atoms with Crippen LogP contribution >= 0.6 is 11.3 Å². The number of aromatic nitrogens is 1. The molecule has 152 valence electrons. The van der Waals surface area contributed by atoms with Crippen LogP contribution in [0, 0.1) is 6.92 Å². The topological polar surface area (TPSA) is 88.2 Å². The minimum absolute atomic E-state index is 0.0690. The Kier molecular flexibility index (Phi) is 4.03. The lowest BCUT2D eigenvalue weighted by molar-refractivity contribution is -0.115. The first-order valence-electron chi connectivity index (χ1n) is 13.8. The summed E-state index contributed by atoms with van der Waals surface area (Å²) in [5.41, 5.74) is 5.35. The first-order valence-corrected chi connectivity index (χ1v) is 9.68. The number of nitrogens with one attached hydrogen (secondary N) is 1. The molecule has 0 aliphatic carbocycles. The van der Waals surface area contributed by atoms with Crippen molar-refractivity contribution in [1.82, 2.24) is 4.98 Å². The number of aryl methyl sites for hydroxylation is 1. The second-order valence-corrected chi connectivity index (χ2v) is 7.01. The second kappa shape index (κ2) is 10.2. The van der Waals surface area contributed by atoms with Gasteiger partial charge in [-0.05, 0) is 49.4 Å². The molecule has 5 nitrogen and oxygen atoms in total. The Morgan fingerprint density at radius 2 is 2.17 bits per heavy atom. The number of hydrogen-bond donors (Lipinski definition) is 3. The third-order valence-corrected chi connectivity index (χ3v) is 4.46. The molecule has 0 bridgehead atoms. The predicted molar refractivity (Wildman–Crippen MR) is 119 cm³/mol. The number of carbonyl (C=O) groups is 1. The fraction of sp³-hybridized carbons (Fsp3) is 0.304. The summed E-state index contributed by atoms with van der Waals surface area (Å²) in [6, 6.07) is 3.61. The van der Waals surface area contributed by atoms with Gasteiger partial charge < -0.3 is 16.2 Å². The van der Waals surface area contributed by atoms with E-state index in [-0.39, 0.29) is 51.7 Å². The molecule has 1 aromatic heterocycles. The van der Waals surface area contributed by atoms with Crippen LogP contribution in [-0.2, 0) is 17.5 Å². The average Bonchev–Trinajstić information content (AvgIpc) is 3.32. The standard InChI is InChI=1S/C23H27N3O2S/c1-16-5-4-7-18(13-16)21(27)8-3-2-6-17-9-11-19(12-10-17)25-22(28)14-20-15-29-23(24)26-20/h4-5,7,9-13,15,21,27H,2-3,6,8,14H2,1H3,(H2,24,26)(H,25,28)/t21-/m0/s1/i2D2,4D,5D,6D2,7D,13D,14D2. The summed E-state index contributed by atoms with van der Waals surface area (Å²) in [6.07, 6.45) is -9.90. The van der Waals surface area contributed by atoms with Gasteiger partial charge in [0.15, 0.2) is 5.13 Å². The fourth-order valence-corrected chi connectivity index (χ4v) is 2.90. The highest BCUT2D eigenvalue weighted by atomic mass is 32.1. The van der Waals surface area contributed by atoms with Crippen LogP contribution in [0.15, 0.2) is 53.8 Å². The molecule has 0 saturated heterocycles. The molecule has 29 heavy (non-hydrogen) atoms. The maximum absolute atomic E-state index is 12.5. The number of amides is 1. The SMILES string of the molecule is [2H]c1c([2H])c(C)c([2H])c([C@@H](O)CCC([2H])([2H])C([2H])([2H])c2ccc(NC(=O)C([2H])([2H])c3csc(N)n3)cc2)c1[2H]. The van der Waals surface area contributed by atoms with Crippen molar-refractivity contribution in [2.75, 3.05) is 11.1 Å². The number of aliphatic hydroxyl groups excluding tert-OH is 1. The molecule has 0 spiro atoms. The Balaban J connectivity index is 1.73. The van der Waals surface area contributed by atoms with Gasteiger partial charge in [-0.3, -0.25) is 4.79 Å². The first kappa shape index (κ1) is 11.5. The molecular formula is C23H27N3O2S. The van der Waals surface area contributed by atoms with E-state index in [1.165, 1.54) is 36.6 Å². The number of rotatable bonds is 9. The Morgan fingerprint density at radius 3 is 2.90 bits per heavy atom. The summed E-state index contributed by atoms with van der Waals surface area (Å²) < 4.78 is 81.5. The molecule has 0 radical (unpaired) electrons. The number of anilines is 2. The van der Waals surface area contributed by atoms with Gasteiger partial charge in [-0.2, -0.15) is 0 Å². The predicted octanol–water partition coefficient (Wildman–Crippen LogP) is 4.66. The minimum Gasteiger partial charge on any atom is -0.388 e. The second-order valence-electron chi connectivity index (χ2n) is 6.12. The molecule has 0 fully saturated rings. The van der Waals surface area contributed by atoms with E-state index in [9.17, 15) is 9.90 Å². The van der Waals surface area contributed by atoms with Gasteiger partial charge in [-0.1, -0.05) is 48.3 Å². The normalized spacial score (nSPS) is 18.4. The monoisotopic (exact) mass is 419 g/mol. The van der Waals surface area contributed by atoms with Gasteiger partial charge in [-0.25, -0.2) is 4.98 Å². The van der Waals surface area contributed by atoms with Crippen molar-refractivity contribution < 1.29 is 23.6 Å². The average molecular weight is 420 g/mol. The molecule has 1 heterocycles. The van der Waals surface area contributed by atoms with Gasteiger partial charge >= 0.3 is 0 Å². The van der Waals surface area contributed by atoms with Crippen LogP contribution in [0.2, 0.25) is 0 Å². The van der Waals surface area contributed by atoms with Crippen molar-refractivity contribution in [2.45, 2.75) is 45.0 Å². The summed E-state index contributed by atoms with van der Waals surface area (Å²) in [5, 5.41) is 14.5. The molecule has 0 aliphatic rings. The zero-order valence-corrected chi connectivity index (χ0v) is 16.5. The van der Waals surface area contributed by atoms with Gasteiger partial charge in [0.2, 0.25) is 5.91 Å². The molecule has 3 aromatic rings. The van der Waals surface area contributed by atoms with E-state index in [4.69, 9.17) is 19.4 Å². The molecule has 4 N–H and O–H groups in total. The third-order valence-electron chi connectivity index (χ3n) is 3.78. The number of benzene rings is 2. The fourth-order valence-electron chi connectivity index (χ4n) is 2.40. The number of nitrogen functional groups attached to an aromatic ring is 1. The number of hydrogen-bond acceptors (Lipinski definition) is 5. The van der Waals surface area contributed by atoms with E-state index >= 15 is 0 Å². The number of nitrogens with two attached hydrogens (primary N) is 1. The van der Waals surface area contributed by atoms with Crippen LogP contribution in [0.1, 0.15) is 61.4 Å². The highest BCUT2D eigenvalue weighted by Gasteiger charge is 2.08. The molecule has 0 unspecified atom stereocenters. The Bertz CT molecular complexity index is 1350. The van der Waals surface area contributed by atoms with E-state index in [2.05, 4.69) is 10.3 Å². The molecule has 1 amide bonds. The van der Waals surface area contributed by atoms with E-state index in [1.807, 2.05) is 0 Å². The maximum Gasteiger partial charge on any atom is 0.230 e. The summed E-state index contributed by atoms with van der Waals surface area (Å²) in [4.78, 5) is 16.3. The van der Waals surface area contributed by atoms with E-state index < -0.39 is 49.6 Å². The van der Waals surface area contributed by atoms with Crippen LogP contribution in [0.4, 0.5) is 10.8 Å². The molecule has 0 saturated carbocycles. The van der Waals surface area contributed by atoms with Crippen molar-refractivity contribution in [2.24, 2.45) is 0 Å². The Hall–Kier alpha value is -2.70. The summed E-state index contributed by atoms with van der Waals surface area (Å²) in [5.74, 6) is -1.01. The zero-order chi connectivity index (χ0) is 29.5. The van der Waals surface area contributed by atoms with Gasteiger partial charge in [0.25, 0.3) is 0 Å². The quantitative estimate of drug-likeness (QED) is 0.471. The van der Waals surface area contributed by atoms with Gasteiger partial charge in [0.1, 0.15) is 0 Å².